The summed E-state index contributed by atoms with van der Waals surface area (Å²) in [6, 6.07) is 6.24. The van der Waals surface area contributed by atoms with Crippen LogP contribution in [-0.4, -0.2) is 52.4 Å². The molecule has 5 nitrogen and oxygen atoms in total. The van der Waals surface area contributed by atoms with Crippen LogP contribution in [0.4, 0.5) is 5.69 Å². The van der Waals surface area contributed by atoms with Gasteiger partial charge in [0.2, 0.25) is 5.13 Å². The van der Waals surface area contributed by atoms with E-state index in [-0.39, 0.29) is 0 Å². The second kappa shape index (κ2) is 6.59. The van der Waals surface area contributed by atoms with Crippen molar-refractivity contribution in [1.29, 1.82) is 0 Å². The standard InChI is InChI=1S/C18H22ClN5S/c1-4-22-5-7-23(8-6-22)16-11-17-15(10-14(16)19)20-18(25-17)24-13(3)9-12(2)21-24/h9-11H,4-8H2,1-3H3. The van der Waals surface area contributed by atoms with Gasteiger partial charge < -0.3 is 9.80 Å². The third-order valence-corrected chi connectivity index (χ3v) is 6.09. The van der Waals surface area contributed by atoms with Crippen LogP contribution in [0.2, 0.25) is 5.02 Å². The second-order valence-corrected chi connectivity index (χ2v) is 7.94. The fourth-order valence-electron chi connectivity index (χ4n) is 3.39. The van der Waals surface area contributed by atoms with Crippen molar-refractivity contribution in [3.05, 3.63) is 34.6 Å². The van der Waals surface area contributed by atoms with Crippen molar-refractivity contribution in [1.82, 2.24) is 19.7 Å². The number of likely N-dealkylation sites (N-methyl/N-ethyl adjacent to an activating group) is 1. The largest absolute Gasteiger partial charge is 0.368 e. The van der Waals surface area contributed by atoms with Crippen molar-refractivity contribution in [3.63, 3.8) is 0 Å². The quantitative estimate of drug-likeness (QED) is 0.695. The number of nitrogens with zero attached hydrogens (tertiary/aromatic N) is 5. The van der Waals surface area contributed by atoms with E-state index in [2.05, 4.69) is 40.9 Å². The van der Waals surface area contributed by atoms with E-state index in [4.69, 9.17) is 16.6 Å². The molecular weight excluding hydrogens is 354 g/mol. The van der Waals surface area contributed by atoms with Crippen LogP contribution in [0.25, 0.3) is 15.3 Å². The molecule has 1 aliphatic heterocycles. The highest BCUT2D eigenvalue weighted by atomic mass is 35.5. The Bertz CT molecular complexity index is 908. The molecule has 1 fully saturated rings. The maximum absolute atomic E-state index is 6.58. The number of halogens is 1. The highest BCUT2D eigenvalue weighted by Crippen LogP contribution is 2.35. The van der Waals surface area contributed by atoms with Crippen LogP contribution in [0.15, 0.2) is 18.2 Å². The number of hydrogen-bond donors (Lipinski definition) is 0. The number of thiazole rings is 1. The topological polar surface area (TPSA) is 37.2 Å². The van der Waals surface area contributed by atoms with Gasteiger partial charge in [0.05, 0.1) is 26.6 Å². The first-order valence-electron chi connectivity index (χ1n) is 8.66. The molecule has 1 aromatic carbocycles. The first kappa shape index (κ1) is 16.8. The van der Waals surface area contributed by atoms with Gasteiger partial charge in [-0.05, 0) is 38.6 Å². The Morgan fingerprint density at radius 3 is 2.52 bits per heavy atom. The van der Waals surface area contributed by atoms with Gasteiger partial charge in [0, 0.05) is 31.9 Å². The van der Waals surface area contributed by atoms with E-state index in [1.54, 1.807) is 11.3 Å². The summed E-state index contributed by atoms with van der Waals surface area (Å²) in [6.45, 7) is 11.6. The SMILES string of the molecule is CCN1CCN(c2cc3sc(-n4nc(C)cc4C)nc3cc2Cl)CC1. The van der Waals surface area contributed by atoms with Gasteiger partial charge in [0.25, 0.3) is 0 Å². The third-order valence-electron chi connectivity index (χ3n) is 4.80. The molecule has 3 aromatic rings. The lowest BCUT2D eigenvalue weighted by atomic mass is 10.2. The molecule has 0 bridgehead atoms. The summed E-state index contributed by atoms with van der Waals surface area (Å²) < 4.78 is 3.06. The van der Waals surface area contributed by atoms with Gasteiger partial charge in [-0.1, -0.05) is 29.9 Å². The van der Waals surface area contributed by atoms with E-state index in [0.717, 1.165) is 70.2 Å². The molecule has 3 heterocycles. The van der Waals surface area contributed by atoms with Crippen LogP contribution in [0.1, 0.15) is 18.3 Å². The number of aromatic nitrogens is 3. The molecule has 25 heavy (non-hydrogen) atoms. The monoisotopic (exact) mass is 375 g/mol. The lowest BCUT2D eigenvalue weighted by molar-refractivity contribution is 0.271. The number of anilines is 1. The molecule has 4 rings (SSSR count). The van der Waals surface area contributed by atoms with Crippen molar-refractivity contribution < 1.29 is 0 Å². The van der Waals surface area contributed by atoms with Crippen molar-refractivity contribution in [2.45, 2.75) is 20.8 Å². The van der Waals surface area contributed by atoms with Crippen LogP contribution in [-0.2, 0) is 0 Å². The van der Waals surface area contributed by atoms with E-state index in [1.807, 2.05) is 17.7 Å². The van der Waals surface area contributed by atoms with E-state index in [0.29, 0.717) is 0 Å². The van der Waals surface area contributed by atoms with Gasteiger partial charge in [0.15, 0.2) is 0 Å². The number of fused-ring (bicyclic) bond motifs is 1. The molecule has 0 atom stereocenters. The summed E-state index contributed by atoms with van der Waals surface area (Å²) in [7, 11) is 0. The molecule has 0 saturated carbocycles. The average Bonchev–Trinajstić information content (AvgIpc) is 3.16. The van der Waals surface area contributed by atoms with Gasteiger partial charge in [-0.3, -0.25) is 0 Å². The highest BCUT2D eigenvalue weighted by Gasteiger charge is 2.20. The number of piperazine rings is 1. The molecule has 132 valence electrons. The van der Waals surface area contributed by atoms with Crippen LogP contribution in [0, 0.1) is 13.8 Å². The Hall–Kier alpha value is -1.63. The Morgan fingerprint density at radius 1 is 1.12 bits per heavy atom. The van der Waals surface area contributed by atoms with E-state index in [1.165, 1.54) is 0 Å². The molecule has 0 aliphatic carbocycles. The molecule has 0 amide bonds. The Balaban J connectivity index is 1.69. The minimum absolute atomic E-state index is 0.780. The van der Waals surface area contributed by atoms with Crippen LogP contribution in [0.5, 0.6) is 0 Å². The zero-order valence-corrected chi connectivity index (χ0v) is 16.4. The Labute approximate surface area is 156 Å². The number of benzene rings is 1. The van der Waals surface area contributed by atoms with Crippen molar-refractivity contribution in [3.8, 4) is 5.13 Å². The Morgan fingerprint density at radius 2 is 1.88 bits per heavy atom. The summed E-state index contributed by atoms with van der Waals surface area (Å²) in [5.74, 6) is 0. The number of aryl methyl sites for hydroxylation is 2. The lowest BCUT2D eigenvalue weighted by Gasteiger charge is -2.35. The fourth-order valence-corrected chi connectivity index (χ4v) is 4.66. The fraction of sp³-hybridized carbons (Fsp3) is 0.444. The molecule has 0 N–H and O–H groups in total. The summed E-state index contributed by atoms with van der Waals surface area (Å²) in [5.41, 5.74) is 4.16. The van der Waals surface area contributed by atoms with Crippen molar-refractivity contribution in [2.24, 2.45) is 0 Å². The van der Waals surface area contributed by atoms with E-state index < -0.39 is 0 Å². The van der Waals surface area contributed by atoms with Crippen LogP contribution < -0.4 is 4.90 Å². The lowest BCUT2D eigenvalue weighted by Crippen LogP contribution is -2.46. The van der Waals surface area contributed by atoms with Gasteiger partial charge in [0.1, 0.15) is 0 Å². The van der Waals surface area contributed by atoms with Gasteiger partial charge in [-0.25, -0.2) is 9.67 Å². The average molecular weight is 376 g/mol. The predicted molar refractivity (Wildman–Crippen MR) is 106 cm³/mol. The molecule has 1 aliphatic rings. The molecule has 0 unspecified atom stereocenters. The van der Waals surface area contributed by atoms with Crippen molar-refractivity contribution >= 4 is 38.8 Å². The molecule has 2 aromatic heterocycles. The normalized spacial score (nSPS) is 16.1. The molecule has 1 saturated heterocycles. The molecule has 0 radical (unpaired) electrons. The highest BCUT2D eigenvalue weighted by molar-refractivity contribution is 7.20. The first-order valence-corrected chi connectivity index (χ1v) is 9.85. The molecule has 7 heteroatoms. The zero-order chi connectivity index (χ0) is 17.6. The van der Waals surface area contributed by atoms with Gasteiger partial charge in [-0.2, -0.15) is 5.10 Å². The summed E-state index contributed by atoms with van der Waals surface area (Å²) in [4.78, 5) is 9.59. The van der Waals surface area contributed by atoms with Crippen molar-refractivity contribution in [2.75, 3.05) is 37.6 Å². The predicted octanol–water partition coefficient (Wildman–Crippen LogP) is 3.89. The van der Waals surface area contributed by atoms with Gasteiger partial charge >= 0.3 is 0 Å². The number of hydrogen-bond acceptors (Lipinski definition) is 5. The maximum atomic E-state index is 6.58. The summed E-state index contributed by atoms with van der Waals surface area (Å²) >= 11 is 8.25. The van der Waals surface area contributed by atoms with Crippen LogP contribution in [0.3, 0.4) is 0 Å². The van der Waals surface area contributed by atoms with Crippen LogP contribution >= 0.6 is 22.9 Å². The molecular formula is C18H22ClN5S. The summed E-state index contributed by atoms with van der Waals surface area (Å²) in [6.07, 6.45) is 0. The molecule has 0 spiro atoms. The zero-order valence-electron chi connectivity index (χ0n) is 14.8. The first-order chi connectivity index (χ1) is 12.0. The van der Waals surface area contributed by atoms with E-state index in [9.17, 15) is 0 Å². The third kappa shape index (κ3) is 3.14. The minimum atomic E-state index is 0.780. The number of rotatable bonds is 3. The summed E-state index contributed by atoms with van der Waals surface area (Å²) in [5, 5.41) is 6.22. The Kier molecular flexibility index (Phi) is 4.43. The second-order valence-electron chi connectivity index (χ2n) is 6.53. The minimum Gasteiger partial charge on any atom is -0.368 e. The smallest absolute Gasteiger partial charge is 0.211 e. The van der Waals surface area contributed by atoms with Gasteiger partial charge in [-0.15, -0.1) is 0 Å². The maximum Gasteiger partial charge on any atom is 0.211 e. The van der Waals surface area contributed by atoms with E-state index >= 15 is 0 Å².